The van der Waals surface area contributed by atoms with Gasteiger partial charge in [-0.3, -0.25) is 4.79 Å². The molecule has 2 fully saturated rings. The molecule has 21 heavy (non-hydrogen) atoms. The van der Waals surface area contributed by atoms with Gasteiger partial charge in [-0.2, -0.15) is 13.2 Å². The number of alkyl halides is 3. The van der Waals surface area contributed by atoms with Gasteiger partial charge in [0.1, 0.15) is 0 Å². The fourth-order valence-corrected chi connectivity index (χ4v) is 3.52. The third kappa shape index (κ3) is 3.71. The van der Waals surface area contributed by atoms with Crippen LogP contribution in [-0.2, 0) is 4.79 Å². The number of likely N-dealkylation sites (tertiary alicyclic amines) is 1. The number of nitrogens with one attached hydrogen (secondary N) is 1. The molecule has 3 nitrogen and oxygen atoms in total. The molecule has 1 saturated heterocycles. The number of rotatable bonds is 2. The summed E-state index contributed by atoms with van der Waals surface area (Å²) in [6.07, 6.45) is -0.894. The predicted octanol–water partition coefficient (Wildman–Crippen LogP) is 2.96. The standard InChI is InChI=1S/C15H25F3N2O/c1-14(19-2)7-9-20(10-8-14)13(21)11-5-3-4-6-12(11)15(16,17)18/h11-12,19H,3-10H2,1-2H3. The highest BCUT2D eigenvalue weighted by Gasteiger charge is 2.49. The van der Waals surface area contributed by atoms with Crippen molar-refractivity contribution in [3.05, 3.63) is 0 Å². The highest BCUT2D eigenvalue weighted by atomic mass is 19.4. The maximum atomic E-state index is 13.1. The molecule has 0 aromatic heterocycles. The third-order valence-corrected chi connectivity index (χ3v) is 5.29. The number of halogens is 3. The van der Waals surface area contributed by atoms with Gasteiger partial charge in [0.2, 0.25) is 5.91 Å². The highest BCUT2D eigenvalue weighted by Crippen LogP contribution is 2.42. The average Bonchev–Trinajstić information content (AvgIpc) is 2.46. The van der Waals surface area contributed by atoms with E-state index >= 15 is 0 Å². The SMILES string of the molecule is CNC1(C)CCN(C(=O)C2CCCCC2C(F)(F)F)CC1. The van der Waals surface area contributed by atoms with Crippen LogP contribution in [0.2, 0.25) is 0 Å². The molecule has 0 bridgehead atoms. The Hall–Kier alpha value is -0.780. The molecule has 2 rings (SSSR count). The van der Waals surface area contributed by atoms with E-state index in [9.17, 15) is 18.0 Å². The highest BCUT2D eigenvalue weighted by molar-refractivity contribution is 5.79. The molecule has 1 aliphatic carbocycles. The Morgan fingerprint density at radius 3 is 2.29 bits per heavy atom. The van der Waals surface area contributed by atoms with Gasteiger partial charge in [-0.15, -0.1) is 0 Å². The normalized spacial score (nSPS) is 30.2. The van der Waals surface area contributed by atoms with Crippen LogP contribution < -0.4 is 5.32 Å². The van der Waals surface area contributed by atoms with Crippen molar-refractivity contribution in [3.8, 4) is 0 Å². The second kappa shape index (κ2) is 6.15. The number of nitrogens with zero attached hydrogens (tertiary/aromatic N) is 1. The minimum absolute atomic E-state index is 0.00717. The monoisotopic (exact) mass is 306 g/mol. The molecule has 0 radical (unpaired) electrons. The Morgan fingerprint density at radius 1 is 1.19 bits per heavy atom. The molecule has 2 aliphatic rings. The van der Waals surface area contributed by atoms with E-state index in [0.29, 0.717) is 25.9 Å². The zero-order valence-corrected chi connectivity index (χ0v) is 12.8. The van der Waals surface area contributed by atoms with Crippen molar-refractivity contribution in [3.63, 3.8) is 0 Å². The number of hydrogen-bond acceptors (Lipinski definition) is 2. The smallest absolute Gasteiger partial charge is 0.342 e. The molecule has 1 aliphatic heterocycles. The van der Waals surface area contributed by atoms with Gasteiger partial charge in [0.05, 0.1) is 5.92 Å². The van der Waals surface area contributed by atoms with E-state index in [-0.39, 0.29) is 17.9 Å². The van der Waals surface area contributed by atoms with Crippen LogP contribution in [0.1, 0.15) is 45.4 Å². The van der Waals surface area contributed by atoms with Gasteiger partial charge in [-0.05, 0) is 39.7 Å². The van der Waals surface area contributed by atoms with Crippen molar-refractivity contribution in [2.45, 2.75) is 57.2 Å². The van der Waals surface area contributed by atoms with Crippen LogP contribution in [0.3, 0.4) is 0 Å². The Labute approximate surface area is 124 Å². The molecule has 1 N–H and O–H groups in total. The molecule has 1 heterocycles. The number of carbonyl (C=O) groups is 1. The zero-order chi connectivity index (χ0) is 15.7. The first-order chi connectivity index (χ1) is 9.77. The minimum Gasteiger partial charge on any atom is -0.342 e. The molecule has 0 aromatic carbocycles. The van der Waals surface area contributed by atoms with Crippen LogP contribution in [0.4, 0.5) is 13.2 Å². The summed E-state index contributed by atoms with van der Waals surface area (Å²) in [6, 6.07) is 0. The van der Waals surface area contributed by atoms with Gasteiger partial charge in [0, 0.05) is 24.5 Å². The van der Waals surface area contributed by atoms with Crippen molar-refractivity contribution in [1.29, 1.82) is 0 Å². The fraction of sp³-hybridized carbons (Fsp3) is 0.933. The summed E-state index contributed by atoms with van der Waals surface area (Å²) in [5.41, 5.74) is -0.00717. The quantitative estimate of drug-likeness (QED) is 0.851. The second-order valence-corrected chi connectivity index (χ2v) is 6.68. The van der Waals surface area contributed by atoms with E-state index in [1.807, 2.05) is 7.05 Å². The molecule has 6 heteroatoms. The molecule has 2 atom stereocenters. The summed E-state index contributed by atoms with van der Waals surface area (Å²) in [6.45, 7) is 3.20. The summed E-state index contributed by atoms with van der Waals surface area (Å²) in [7, 11) is 1.89. The van der Waals surface area contributed by atoms with Crippen molar-refractivity contribution < 1.29 is 18.0 Å². The molecular formula is C15H25F3N2O. The van der Waals surface area contributed by atoms with E-state index in [4.69, 9.17) is 0 Å². The van der Waals surface area contributed by atoms with Crippen LogP contribution >= 0.6 is 0 Å². The lowest BCUT2D eigenvalue weighted by atomic mass is 9.77. The summed E-state index contributed by atoms with van der Waals surface area (Å²) in [4.78, 5) is 14.2. The van der Waals surface area contributed by atoms with Gasteiger partial charge in [-0.1, -0.05) is 12.8 Å². The molecule has 2 unspecified atom stereocenters. The summed E-state index contributed by atoms with van der Waals surface area (Å²) in [5.74, 6) is -2.59. The number of amides is 1. The van der Waals surface area contributed by atoms with Crippen molar-refractivity contribution in [2.75, 3.05) is 20.1 Å². The van der Waals surface area contributed by atoms with Gasteiger partial charge in [0.25, 0.3) is 0 Å². The van der Waals surface area contributed by atoms with Crippen LogP contribution in [-0.4, -0.2) is 42.7 Å². The lowest BCUT2D eigenvalue weighted by molar-refractivity contribution is -0.201. The van der Waals surface area contributed by atoms with Gasteiger partial charge in [-0.25, -0.2) is 0 Å². The lowest BCUT2D eigenvalue weighted by Crippen LogP contribution is -2.53. The molecule has 122 valence electrons. The first-order valence-electron chi connectivity index (χ1n) is 7.81. The van der Waals surface area contributed by atoms with Crippen LogP contribution in [0.25, 0.3) is 0 Å². The van der Waals surface area contributed by atoms with E-state index < -0.39 is 18.0 Å². The Kier molecular flexibility index (Phi) is 4.85. The van der Waals surface area contributed by atoms with Crippen LogP contribution in [0.15, 0.2) is 0 Å². The lowest BCUT2D eigenvalue weighted by Gasteiger charge is -2.42. The number of carbonyl (C=O) groups excluding carboxylic acids is 1. The zero-order valence-electron chi connectivity index (χ0n) is 12.8. The van der Waals surface area contributed by atoms with E-state index in [0.717, 1.165) is 19.3 Å². The Balaban J connectivity index is 2.02. The predicted molar refractivity (Wildman–Crippen MR) is 74.8 cm³/mol. The molecular weight excluding hydrogens is 281 g/mol. The average molecular weight is 306 g/mol. The maximum absolute atomic E-state index is 13.1. The minimum atomic E-state index is -4.25. The van der Waals surface area contributed by atoms with Crippen molar-refractivity contribution >= 4 is 5.91 Å². The third-order valence-electron chi connectivity index (χ3n) is 5.29. The molecule has 0 spiro atoms. The Bertz CT molecular complexity index is 376. The van der Waals surface area contributed by atoms with Crippen molar-refractivity contribution in [2.24, 2.45) is 11.8 Å². The maximum Gasteiger partial charge on any atom is 0.392 e. The topological polar surface area (TPSA) is 32.3 Å². The van der Waals surface area contributed by atoms with Crippen LogP contribution in [0.5, 0.6) is 0 Å². The summed E-state index contributed by atoms with van der Waals surface area (Å²) < 4.78 is 39.3. The summed E-state index contributed by atoms with van der Waals surface area (Å²) >= 11 is 0. The van der Waals surface area contributed by atoms with Gasteiger partial charge in [0.15, 0.2) is 0 Å². The molecule has 1 saturated carbocycles. The fourth-order valence-electron chi connectivity index (χ4n) is 3.52. The first-order valence-corrected chi connectivity index (χ1v) is 7.81. The number of piperidine rings is 1. The van der Waals surface area contributed by atoms with Crippen molar-refractivity contribution in [1.82, 2.24) is 10.2 Å². The largest absolute Gasteiger partial charge is 0.392 e. The summed E-state index contributed by atoms with van der Waals surface area (Å²) in [5, 5.41) is 3.23. The van der Waals surface area contributed by atoms with E-state index in [1.54, 1.807) is 4.90 Å². The number of hydrogen-bond donors (Lipinski definition) is 1. The van der Waals surface area contributed by atoms with E-state index in [1.165, 1.54) is 0 Å². The molecule has 1 amide bonds. The Morgan fingerprint density at radius 2 is 1.76 bits per heavy atom. The van der Waals surface area contributed by atoms with Crippen LogP contribution in [0, 0.1) is 11.8 Å². The first kappa shape index (κ1) is 16.6. The van der Waals surface area contributed by atoms with E-state index in [2.05, 4.69) is 12.2 Å². The van der Waals surface area contributed by atoms with Gasteiger partial charge >= 0.3 is 6.18 Å². The molecule has 0 aromatic rings. The second-order valence-electron chi connectivity index (χ2n) is 6.68. The van der Waals surface area contributed by atoms with Gasteiger partial charge < -0.3 is 10.2 Å².